The molecule has 1 heterocycles. The van der Waals surface area contributed by atoms with Gasteiger partial charge in [0.15, 0.2) is 5.17 Å². The van der Waals surface area contributed by atoms with Crippen molar-refractivity contribution in [2.24, 2.45) is 4.99 Å². The van der Waals surface area contributed by atoms with Crippen molar-refractivity contribution < 1.29 is 9.90 Å². The number of thioether (sulfide) groups is 1. The number of amides is 1. The van der Waals surface area contributed by atoms with Gasteiger partial charge < -0.3 is 5.11 Å². The van der Waals surface area contributed by atoms with Crippen molar-refractivity contribution >= 4 is 51.5 Å². The van der Waals surface area contributed by atoms with E-state index in [9.17, 15) is 9.90 Å². The smallest absolute Gasteiger partial charge is 0.266 e. The molecule has 0 atom stereocenters. The number of amidine groups is 1. The Balaban J connectivity index is 2.34. The van der Waals surface area contributed by atoms with Gasteiger partial charge in [0, 0.05) is 14.1 Å². The van der Waals surface area contributed by atoms with Gasteiger partial charge >= 0.3 is 0 Å². The van der Waals surface area contributed by atoms with Crippen molar-refractivity contribution in [3.05, 3.63) is 32.2 Å². The fourth-order valence-electron chi connectivity index (χ4n) is 1.51. The Labute approximate surface area is 123 Å². The van der Waals surface area contributed by atoms with Gasteiger partial charge in [0.05, 0.1) is 8.48 Å². The van der Waals surface area contributed by atoms with E-state index in [0.29, 0.717) is 10.1 Å². The molecule has 0 bridgehead atoms. The molecule has 1 N–H and O–H groups in total. The zero-order chi connectivity index (χ0) is 13.3. The summed E-state index contributed by atoms with van der Waals surface area (Å²) in [6.45, 7) is 0. The van der Waals surface area contributed by atoms with Crippen LogP contribution in [0.15, 0.2) is 28.1 Å². The first-order chi connectivity index (χ1) is 8.52. The van der Waals surface area contributed by atoms with Gasteiger partial charge in [0.1, 0.15) is 5.75 Å². The summed E-state index contributed by atoms with van der Waals surface area (Å²) in [4.78, 5) is 18.1. The van der Waals surface area contributed by atoms with Crippen LogP contribution >= 0.6 is 34.4 Å². The first-order valence-electron chi connectivity index (χ1n) is 5.16. The third kappa shape index (κ3) is 2.54. The Morgan fingerprint density at radius 3 is 2.78 bits per heavy atom. The van der Waals surface area contributed by atoms with E-state index in [-0.39, 0.29) is 11.7 Å². The minimum Gasteiger partial charge on any atom is -0.507 e. The zero-order valence-corrected chi connectivity index (χ0v) is 12.8. The van der Waals surface area contributed by atoms with Gasteiger partial charge in [-0.2, -0.15) is 0 Å². The van der Waals surface area contributed by atoms with Crippen molar-refractivity contribution in [2.45, 2.75) is 0 Å². The summed E-state index contributed by atoms with van der Waals surface area (Å²) in [5.74, 6) is 0.194. The Hall–Kier alpha value is -1.02. The van der Waals surface area contributed by atoms with E-state index in [2.05, 4.69) is 27.6 Å². The highest BCUT2D eigenvalue weighted by Gasteiger charge is 2.29. The van der Waals surface area contributed by atoms with E-state index in [1.165, 1.54) is 16.7 Å². The lowest BCUT2D eigenvalue weighted by Crippen LogP contribution is -2.23. The second kappa shape index (κ2) is 5.31. The number of carbonyl (C=O) groups is 1. The van der Waals surface area contributed by atoms with Gasteiger partial charge in [-0.05, 0) is 58.1 Å². The summed E-state index contributed by atoms with van der Waals surface area (Å²) in [5, 5.41) is 10.1. The van der Waals surface area contributed by atoms with E-state index >= 15 is 0 Å². The molecule has 0 saturated carbocycles. The van der Waals surface area contributed by atoms with Crippen LogP contribution < -0.4 is 0 Å². The molecule has 1 amide bonds. The van der Waals surface area contributed by atoms with E-state index < -0.39 is 0 Å². The van der Waals surface area contributed by atoms with Crippen LogP contribution in [-0.2, 0) is 4.79 Å². The molecule has 1 aliphatic heterocycles. The molecule has 1 aliphatic rings. The number of aromatic hydroxyl groups is 1. The molecule has 0 spiro atoms. The maximum atomic E-state index is 11.9. The van der Waals surface area contributed by atoms with Crippen LogP contribution in [0.1, 0.15) is 5.56 Å². The minimum atomic E-state index is -0.0521. The van der Waals surface area contributed by atoms with Gasteiger partial charge in [0.2, 0.25) is 0 Å². The Morgan fingerprint density at radius 2 is 2.22 bits per heavy atom. The largest absolute Gasteiger partial charge is 0.507 e. The lowest BCUT2D eigenvalue weighted by Gasteiger charge is -2.05. The topological polar surface area (TPSA) is 52.9 Å². The van der Waals surface area contributed by atoms with Crippen LogP contribution in [-0.4, -0.2) is 35.2 Å². The fourth-order valence-corrected chi connectivity index (χ4v) is 2.98. The molecule has 6 heteroatoms. The standard InChI is InChI=1S/C12H11IN2O2S/c1-14-12-15(2)11(17)10(18-12)6-7-3-4-9(16)8(13)5-7/h3-6,16H,1-2H3. The number of carbonyl (C=O) groups excluding carboxylic acids is 1. The SMILES string of the molecule is CN=C1SC(=Cc2ccc(O)c(I)c2)C(=O)N1C. The first kappa shape index (κ1) is 13.4. The Kier molecular flexibility index (Phi) is 3.96. The van der Waals surface area contributed by atoms with Crippen molar-refractivity contribution in [3.8, 4) is 5.75 Å². The van der Waals surface area contributed by atoms with Crippen LogP contribution in [0.3, 0.4) is 0 Å². The molecule has 1 aromatic rings. The number of benzene rings is 1. The van der Waals surface area contributed by atoms with Crippen molar-refractivity contribution in [3.63, 3.8) is 0 Å². The maximum Gasteiger partial charge on any atom is 0.266 e. The van der Waals surface area contributed by atoms with Gasteiger partial charge in [-0.1, -0.05) is 6.07 Å². The van der Waals surface area contributed by atoms with Gasteiger partial charge in [-0.3, -0.25) is 14.7 Å². The molecule has 1 fully saturated rings. The summed E-state index contributed by atoms with van der Waals surface area (Å²) in [6.07, 6.45) is 1.81. The van der Waals surface area contributed by atoms with Crippen molar-refractivity contribution in [2.75, 3.05) is 14.1 Å². The average molecular weight is 374 g/mol. The lowest BCUT2D eigenvalue weighted by molar-refractivity contribution is -0.121. The summed E-state index contributed by atoms with van der Waals surface area (Å²) in [6, 6.07) is 5.23. The number of hydrogen-bond acceptors (Lipinski definition) is 4. The van der Waals surface area contributed by atoms with Crippen LogP contribution in [0.5, 0.6) is 5.75 Å². The summed E-state index contributed by atoms with van der Waals surface area (Å²) >= 11 is 3.41. The minimum absolute atomic E-state index is 0.0521. The second-order valence-electron chi connectivity index (χ2n) is 3.69. The van der Waals surface area contributed by atoms with Crippen LogP contribution in [0.2, 0.25) is 0 Å². The number of phenolic OH excluding ortho intramolecular Hbond substituents is 1. The average Bonchev–Trinajstić information content (AvgIpc) is 2.62. The van der Waals surface area contributed by atoms with Gasteiger partial charge in [0.25, 0.3) is 5.91 Å². The normalized spacial score (nSPS) is 20.2. The van der Waals surface area contributed by atoms with Crippen LogP contribution in [0.4, 0.5) is 0 Å². The molecule has 1 saturated heterocycles. The molecule has 0 aromatic heterocycles. The highest BCUT2D eigenvalue weighted by Crippen LogP contribution is 2.32. The molecular formula is C12H11IN2O2S. The molecular weight excluding hydrogens is 363 g/mol. The fraction of sp³-hybridized carbons (Fsp3) is 0.167. The molecule has 18 heavy (non-hydrogen) atoms. The molecule has 2 rings (SSSR count). The zero-order valence-electron chi connectivity index (χ0n) is 9.85. The summed E-state index contributed by atoms with van der Waals surface area (Å²) in [7, 11) is 3.37. The Morgan fingerprint density at radius 1 is 1.50 bits per heavy atom. The second-order valence-corrected chi connectivity index (χ2v) is 5.86. The van der Waals surface area contributed by atoms with E-state index in [0.717, 1.165) is 9.13 Å². The quantitative estimate of drug-likeness (QED) is 0.607. The summed E-state index contributed by atoms with van der Waals surface area (Å²) in [5.41, 5.74) is 0.888. The number of aliphatic imine (C=N–C) groups is 1. The third-order valence-electron chi connectivity index (χ3n) is 2.46. The third-order valence-corrected chi connectivity index (χ3v) is 4.48. The number of likely N-dealkylation sites (N-methyl/N-ethyl adjacent to an activating group) is 1. The predicted octanol–water partition coefficient (Wildman–Crippen LogP) is 2.53. The lowest BCUT2D eigenvalue weighted by atomic mass is 10.2. The van der Waals surface area contributed by atoms with Crippen LogP contribution in [0.25, 0.3) is 6.08 Å². The molecule has 4 nitrogen and oxygen atoms in total. The number of phenols is 1. The molecule has 0 unspecified atom stereocenters. The molecule has 1 aromatic carbocycles. The molecule has 94 valence electrons. The number of hydrogen-bond donors (Lipinski definition) is 1. The maximum absolute atomic E-state index is 11.9. The Bertz CT molecular complexity index is 569. The molecule has 0 radical (unpaired) electrons. The first-order valence-corrected chi connectivity index (χ1v) is 7.05. The number of nitrogens with zero attached hydrogens (tertiary/aromatic N) is 2. The van der Waals surface area contributed by atoms with E-state index in [1.54, 1.807) is 26.2 Å². The number of halogens is 1. The van der Waals surface area contributed by atoms with E-state index in [4.69, 9.17) is 0 Å². The van der Waals surface area contributed by atoms with Crippen molar-refractivity contribution in [1.29, 1.82) is 0 Å². The number of rotatable bonds is 1. The monoisotopic (exact) mass is 374 g/mol. The van der Waals surface area contributed by atoms with E-state index in [1.807, 2.05) is 12.1 Å². The van der Waals surface area contributed by atoms with Gasteiger partial charge in [-0.15, -0.1) is 0 Å². The van der Waals surface area contributed by atoms with Gasteiger partial charge in [-0.25, -0.2) is 0 Å². The predicted molar refractivity (Wildman–Crippen MR) is 82.5 cm³/mol. The highest BCUT2D eigenvalue weighted by atomic mass is 127. The molecule has 0 aliphatic carbocycles. The highest BCUT2D eigenvalue weighted by molar-refractivity contribution is 14.1. The van der Waals surface area contributed by atoms with Crippen molar-refractivity contribution in [1.82, 2.24) is 4.90 Å². The van der Waals surface area contributed by atoms with Crippen LogP contribution in [0, 0.1) is 3.57 Å². The summed E-state index contributed by atoms with van der Waals surface area (Å²) < 4.78 is 0.759.